The van der Waals surface area contributed by atoms with E-state index >= 15 is 0 Å². The molecule has 1 amide bonds. The molecule has 1 unspecified atom stereocenters. The molecule has 1 aliphatic rings. The van der Waals surface area contributed by atoms with E-state index in [-0.39, 0.29) is 11.8 Å². The number of hydrogen-bond donors (Lipinski definition) is 0. The minimum absolute atomic E-state index is 0.259. The van der Waals surface area contributed by atoms with Crippen molar-refractivity contribution in [3.63, 3.8) is 0 Å². The van der Waals surface area contributed by atoms with Gasteiger partial charge in [0.2, 0.25) is 17.3 Å². The Morgan fingerprint density at radius 1 is 0.974 bits per heavy atom. The summed E-state index contributed by atoms with van der Waals surface area (Å²) < 4.78 is 12.8. The number of amides is 1. The summed E-state index contributed by atoms with van der Waals surface area (Å²) in [5.41, 5.74) is 4.02. The Morgan fingerprint density at radius 2 is 1.76 bits per heavy atom. The summed E-state index contributed by atoms with van der Waals surface area (Å²) in [6, 6.07) is 25.9. The van der Waals surface area contributed by atoms with Crippen LogP contribution in [0.3, 0.4) is 0 Å². The molecule has 9 heteroatoms. The molecule has 38 heavy (non-hydrogen) atoms. The standard InChI is InChI=1S/C29H21ClN4O3S/c1-17-12-13-19(16-21(17)30)23-14-15-24(36-23)28-34(27(35)18-8-4-3-5-9-18)22-11-7-6-10-20(22)25-26(37-28)31-29(38-2)33-32-25/h3-16,28H,1-2H3. The van der Waals surface area contributed by atoms with Crippen molar-refractivity contribution in [1.82, 2.24) is 15.2 Å². The van der Waals surface area contributed by atoms with Crippen molar-refractivity contribution < 1.29 is 13.9 Å². The molecule has 0 spiro atoms. The van der Waals surface area contributed by atoms with Gasteiger partial charge in [0.1, 0.15) is 5.76 Å². The van der Waals surface area contributed by atoms with Crippen LogP contribution in [0, 0.1) is 6.92 Å². The largest absolute Gasteiger partial charge is 0.455 e. The number of anilines is 1. The van der Waals surface area contributed by atoms with Crippen molar-refractivity contribution in [1.29, 1.82) is 0 Å². The van der Waals surface area contributed by atoms with E-state index in [4.69, 9.17) is 20.8 Å². The molecule has 0 aliphatic carbocycles. The summed E-state index contributed by atoms with van der Waals surface area (Å²) in [4.78, 5) is 20.2. The van der Waals surface area contributed by atoms with Gasteiger partial charge in [0, 0.05) is 21.7 Å². The van der Waals surface area contributed by atoms with Crippen molar-refractivity contribution in [3.05, 3.63) is 107 Å². The lowest BCUT2D eigenvalue weighted by Gasteiger charge is -2.29. The van der Waals surface area contributed by atoms with Crippen LogP contribution in [-0.2, 0) is 0 Å². The summed E-state index contributed by atoms with van der Waals surface area (Å²) in [7, 11) is 0. The molecule has 0 saturated carbocycles. The Balaban J connectivity index is 1.54. The van der Waals surface area contributed by atoms with Gasteiger partial charge in [-0.25, -0.2) is 0 Å². The third-order valence-electron chi connectivity index (χ3n) is 6.26. The Morgan fingerprint density at radius 3 is 2.55 bits per heavy atom. The van der Waals surface area contributed by atoms with E-state index in [0.29, 0.717) is 44.2 Å². The number of nitrogens with zero attached hydrogens (tertiary/aromatic N) is 4. The van der Waals surface area contributed by atoms with Crippen LogP contribution >= 0.6 is 23.4 Å². The number of carbonyl (C=O) groups excluding carboxylic acids is 1. The molecule has 7 nitrogen and oxygen atoms in total. The van der Waals surface area contributed by atoms with Crippen LogP contribution < -0.4 is 9.64 Å². The maximum Gasteiger partial charge on any atom is 0.261 e. The zero-order valence-electron chi connectivity index (χ0n) is 20.5. The quantitative estimate of drug-likeness (QED) is 0.222. The monoisotopic (exact) mass is 540 g/mol. The molecule has 188 valence electrons. The minimum Gasteiger partial charge on any atom is -0.455 e. The van der Waals surface area contributed by atoms with E-state index in [1.54, 1.807) is 23.1 Å². The molecule has 0 radical (unpaired) electrons. The summed E-state index contributed by atoms with van der Waals surface area (Å²) in [6.45, 7) is 1.94. The number of aryl methyl sites for hydroxylation is 1. The van der Waals surface area contributed by atoms with Crippen molar-refractivity contribution in [2.45, 2.75) is 18.3 Å². The third kappa shape index (κ3) is 4.31. The minimum atomic E-state index is -0.966. The molecule has 3 heterocycles. The number of furan rings is 1. The number of para-hydroxylation sites is 1. The molecule has 6 rings (SSSR count). The fraction of sp³-hybridized carbons (Fsp3) is 0.103. The highest BCUT2D eigenvalue weighted by Gasteiger charge is 2.38. The predicted octanol–water partition coefficient (Wildman–Crippen LogP) is 7.22. The number of fused-ring (bicyclic) bond motifs is 3. The molecule has 1 atom stereocenters. The van der Waals surface area contributed by atoms with Gasteiger partial charge in [0.05, 0.1) is 5.69 Å². The second-order valence-corrected chi connectivity index (χ2v) is 9.83. The Labute approximate surface area is 228 Å². The van der Waals surface area contributed by atoms with Crippen molar-refractivity contribution in [3.8, 4) is 28.5 Å². The van der Waals surface area contributed by atoms with Crippen LogP contribution in [0.5, 0.6) is 5.88 Å². The van der Waals surface area contributed by atoms with Crippen LogP contribution in [0.2, 0.25) is 5.02 Å². The number of ether oxygens (including phenoxy) is 1. The first-order valence-electron chi connectivity index (χ1n) is 11.8. The SMILES string of the molecule is CSc1nnc2c(n1)OC(c1ccc(-c3ccc(C)c(Cl)c3)o1)N(C(=O)c1ccccc1)c1ccccc1-2. The summed E-state index contributed by atoms with van der Waals surface area (Å²) >= 11 is 7.73. The highest BCUT2D eigenvalue weighted by molar-refractivity contribution is 7.98. The maximum absolute atomic E-state index is 14.1. The number of hydrogen-bond acceptors (Lipinski definition) is 7. The van der Waals surface area contributed by atoms with E-state index in [0.717, 1.165) is 11.1 Å². The summed E-state index contributed by atoms with van der Waals surface area (Å²) in [5.74, 6) is 1.03. The van der Waals surface area contributed by atoms with Crippen molar-refractivity contribution >= 4 is 35.0 Å². The lowest BCUT2D eigenvalue weighted by Crippen LogP contribution is -2.37. The van der Waals surface area contributed by atoms with Crippen LogP contribution in [0.15, 0.2) is 94.5 Å². The second kappa shape index (κ2) is 9.96. The van der Waals surface area contributed by atoms with Gasteiger partial charge in [-0.2, -0.15) is 4.98 Å². The molecule has 0 bridgehead atoms. The fourth-order valence-corrected chi connectivity index (χ4v) is 4.79. The first kappa shape index (κ1) is 24.2. The van der Waals surface area contributed by atoms with E-state index in [1.165, 1.54) is 11.8 Å². The second-order valence-electron chi connectivity index (χ2n) is 8.65. The maximum atomic E-state index is 14.1. The average molecular weight is 541 g/mol. The molecule has 5 aromatic rings. The molecule has 3 aromatic carbocycles. The van der Waals surface area contributed by atoms with Gasteiger partial charge in [-0.3, -0.25) is 9.69 Å². The van der Waals surface area contributed by atoms with E-state index in [9.17, 15) is 4.79 Å². The van der Waals surface area contributed by atoms with Crippen LogP contribution in [0.1, 0.15) is 27.9 Å². The normalized spacial score (nSPS) is 14.3. The Kier molecular flexibility index (Phi) is 6.35. The lowest BCUT2D eigenvalue weighted by atomic mass is 10.1. The Bertz CT molecular complexity index is 1660. The molecular formula is C29H21ClN4O3S. The van der Waals surface area contributed by atoms with Crippen LogP contribution in [0.4, 0.5) is 5.69 Å². The number of halogens is 1. The first-order valence-corrected chi connectivity index (χ1v) is 13.4. The van der Waals surface area contributed by atoms with Gasteiger partial charge in [-0.15, -0.1) is 10.2 Å². The number of rotatable bonds is 4. The van der Waals surface area contributed by atoms with Gasteiger partial charge in [0.15, 0.2) is 11.5 Å². The summed E-state index contributed by atoms with van der Waals surface area (Å²) in [6.07, 6.45) is 0.897. The van der Waals surface area contributed by atoms with Crippen LogP contribution in [-0.4, -0.2) is 27.3 Å². The molecule has 2 aromatic heterocycles. The average Bonchev–Trinajstić information content (AvgIpc) is 3.39. The van der Waals surface area contributed by atoms with E-state index in [1.807, 2.05) is 79.9 Å². The van der Waals surface area contributed by atoms with Gasteiger partial charge in [-0.1, -0.05) is 71.9 Å². The van der Waals surface area contributed by atoms with Gasteiger partial charge >= 0.3 is 0 Å². The number of aromatic nitrogens is 3. The lowest BCUT2D eigenvalue weighted by molar-refractivity contribution is 0.0886. The van der Waals surface area contributed by atoms with E-state index in [2.05, 4.69) is 15.2 Å². The van der Waals surface area contributed by atoms with Gasteiger partial charge in [0.25, 0.3) is 5.91 Å². The molecule has 0 fully saturated rings. The summed E-state index contributed by atoms with van der Waals surface area (Å²) in [5, 5.41) is 9.73. The molecule has 0 N–H and O–H groups in total. The first-order chi connectivity index (χ1) is 18.5. The highest BCUT2D eigenvalue weighted by Crippen LogP contribution is 2.44. The number of carbonyl (C=O) groups is 1. The van der Waals surface area contributed by atoms with Gasteiger partial charge < -0.3 is 9.15 Å². The van der Waals surface area contributed by atoms with Gasteiger partial charge in [-0.05, 0) is 55.1 Å². The molecule has 0 saturated heterocycles. The van der Waals surface area contributed by atoms with Crippen molar-refractivity contribution in [2.75, 3.05) is 11.2 Å². The third-order valence-corrected chi connectivity index (χ3v) is 7.21. The number of benzene rings is 3. The topological polar surface area (TPSA) is 81.3 Å². The highest BCUT2D eigenvalue weighted by atomic mass is 35.5. The van der Waals surface area contributed by atoms with Crippen LogP contribution in [0.25, 0.3) is 22.6 Å². The zero-order chi connectivity index (χ0) is 26.2. The Hall–Kier alpha value is -4.14. The zero-order valence-corrected chi connectivity index (χ0v) is 22.0. The number of thioether (sulfide) groups is 1. The smallest absolute Gasteiger partial charge is 0.261 e. The molecule has 1 aliphatic heterocycles. The van der Waals surface area contributed by atoms with Crippen molar-refractivity contribution in [2.24, 2.45) is 0 Å². The predicted molar refractivity (Wildman–Crippen MR) is 148 cm³/mol. The molecular weight excluding hydrogens is 520 g/mol. The van der Waals surface area contributed by atoms with E-state index < -0.39 is 6.23 Å². The fourth-order valence-electron chi connectivity index (χ4n) is 4.31.